The Labute approximate surface area is 164 Å². The number of carboxylic acid groups (broad SMARTS) is 1. The van der Waals surface area contributed by atoms with E-state index in [1.165, 1.54) is 6.42 Å². The number of hydrogen-bond donors (Lipinski definition) is 1. The van der Waals surface area contributed by atoms with Crippen LogP contribution in [0.25, 0.3) is 0 Å². The van der Waals surface area contributed by atoms with E-state index in [1.54, 1.807) is 0 Å². The van der Waals surface area contributed by atoms with Crippen LogP contribution >= 0.6 is 0 Å². The lowest BCUT2D eigenvalue weighted by atomic mass is 9.75. The fourth-order valence-corrected chi connectivity index (χ4v) is 7.56. The predicted octanol–water partition coefficient (Wildman–Crippen LogP) is 4.34. The van der Waals surface area contributed by atoms with E-state index in [-0.39, 0.29) is 17.8 Å². The van der Waals surface area contributed by atoms with Crippen LogP contribution in [-0.4, -0.2) is 42.7 Å². The lowest BCUT2D eigenvalue weighted by Crippen LogP contribution is -2.32. The molecule has 2 bridgehead atoms. The smallest absolute Gasteiger partial charge is 0.303 e. The highest BCUT2D eigenvalue weighted by atomic mass is 32.2. The number of sulfone groups is 1. The van der Waals surface area contributed by atoms with Gasteiger partial charge in [0.1, 0.15) is 0 Å². The van der Waals surface area contributed by atoms with Gasteiger partial charge >= 0.3 is 5.97 Å². The van der Waals surface area contributed by atoms with Crippen molar-refractivity contribution in [3.05, 3.63) is 0 Å². The molecule has 0 radical (unpaired) electrons. The number of unbranched alkanes of at least 4 members (excludes halogenated alkanes) is 3. The molecule has 4 unspecified atom stereocenters. The van der Waals surface area contributed by atoms with Crippen LogP contribution in [0, 0.1) is 11.8 Å². The molecule has 156 valence electrons. The normalized spacial score (nSPS) is 31.4. The molecule has 2 saturated heterocycles. The zero-order chi connectivity index (χ0) is 19.3. The van der Waals surface area contributed by atoms with E-state index < -0.39 is 15.8 Å². The van der Waals surface area contributed by atoms with Gasteiger partial charge in [0.25, 0.3) is 0 Å². The van der Waals surface area contributed by atoms with Gasteiger partial charge in [-0.3, -0.25) is 4.79 Å². The maximum absolute atomic E-state index is 12.8. The van der Waals surface area contributed by atoms with Gasteiger partial charge in [0.2, 0.25) is 0 Å². The van der Waals surface area contributed by atoms with Gasteiger partial charge in [-0.05, 0) is 56.8 Å². The van der Waals surface area contributed by atoms with Gasteiger partial charge in [0.15, 0.2) is 9.84 Å². The van der Waals surface area contributed by atoms with Gasteiger partial charge in [0, 0.05) is 6.42 Å². The van der Waals surface area contributed by atoms with Crippen LogP contribution < -0.4 is 0 Å². The molecule has 3 fully saturated rings. The van der Waals surface area contributed by atoms with Crippen molar-refractivity contribution in [2.75, 3.05) is 5.75 Å². The first-order chi connectivity index (χ1) is 13.0. The van der Waals surface area contributed by atoms with Gasteiger partial charge in [-0.15, -0.1) is 0 Å². The topological polar surface area (TPSA) is 80.7 Å². The quantitative estimate of drug-likeness (QED) is 0.522. The Morgan fingerprint density at radius 1 is 0.852 bits per heavy atom. The van der Waals surface area contributed by atoms with Crippen LogP contribution in [0.3, 0.4) is 0 Å². The minimum atomic E-state index is -2.96. The third kappa shape index (κ3) is 5.69. The summed E-state index contributed by atoms with van der Waals surface area (Å²) in [6, 6.07) is 0. The van der Waals surface area contributed by atoms with Crippen molar-refractivity contribution >= 4 is 15.8 Å². The zero-order valence-corrected chi connectivity index (χ0v) is 17.3. The van der Waals surface area contributed by atoms with Gasteiger partial charge in [-0.2, -0.15) is 0 Å². The average Bonchev–Trinajstić information content (AvgIpc) is 3.25. The maximum Gasteiger partial charge on any atom is 0.303 e. The summed E-state index contributed by atoms with van der Waals surface area (Å²) >= 11 is 0. The first-order valence-electron chi connectivity index (χ1n) is 11.1. The van der Waals surface area contributed by atoms with Gasteiger partial charge in [0.05, 0.1) is 23.2 Å². The average molecular weight is 401 g/mol. The molecule has 0 aromatic rings. The van der Waals surface area contributed by atoms with E-state index in [9.17, 15) is 13.2 Å². The van der Waals surface area contributed by atoms with E-state index in [4.69, 9.17) is 9.84 Å². The van der Waals surface area contributed by atoms with E-state index in [0.29, 0.717) is 23.7 Å². The molecular formula is C21H36O5S. The summed E-state index contributed by atoms with van der Waals surface area (Å²) in [5, 5.41) is 8.60. The number of fused-ring (bicyclic) bond motifs is 2. The molecule has 0 aromatic carbocycles. The number of aliphatic carboxylic acids is 1. The molecule has 0 aromatic heterocycles. The molecule has 5 nitrogen and oxygen atoms in total. The molecule has 2 aliphatic heterocycles. The van der Waals surface area contributed by atoms with E-state index in [2.05, 4.69) is 0 Å². The van der Waals surface area contributed by atoms with Crippen LogP contribution in [0.15, 0.2) is 0 Å². The summed E-state index contributed by atoms with van der Waals surface area (Å²) in [6.45, 7) is 0. The molecule has 3 rings (SSSR count). The predicted molar refractivity (Wildman–Crippen MR) is 105 cm³/mol. The second-order valence-corrected chi connectivity index (χ2v) is 11.3. The fourth-order valence-electron chi connectivity index (χ4n) is 5.57. The minimum absolute atomic E-state index is 0.0987. The Morgan fingerprint density at radius 3 is 2.15 bits per heavy atom. The largest absolute Gasteiger partial charge is 0.481 e. The molecule has 0 amide bonds. The van der Waals surface area contributed by atoms with Crippen LogP contribution in [0.4, 0.5) is 0 Å². The van der Waals surface area contributed by atoms with Crippen molar-refractivity contribution < 1.29 is 23.1 Å². The molecule has 27 heavy (non-hydrogen) atoms. The highest BCUT2D eigenvalue weighted by Gasteiger charge is 2.48. The fraction of sp³-hybridized carbons (Fsp3) is 0.952. The van der Waals surface area contributed by atoms with Crippen molar-refractivity contribution in [2.24, 2.45) is 11.8 Å². The van der Waals surface area contributed by atoms with Crippen molar-refractivity contribution in [2.45, 2.75) is 107 Å². The third-order valence-electron chi connectivity index (χ3n) is 7.06. The summed E-state index contributed by atoms with van der Waals surface area (Å²) in [5.74, 6) is 0.533. The molecule has 1 N–H and O–H groups in total. The van der Waals surface area contributed by atoms with Crippen LogP contribution in [0.2, 0.25) is 0 Å². The number of carbonyl (C=O) groups is 1. The molecule has 1 saturated carbocycles. The Hall–Kier alpha value is -0.620. The summed E-state index contributed by atoms with van der Waals surface area (Å²) in [4.78, 5) is 10.6. The maximum atomic E-state index is 12.8. The van der Waals surface area contributed by atoms with Crippen molar-refractivity contribution in [3.8, 4) is 0 Å². The Kier molecular flexibility index (Phi) is 7.60. The standard InChI is InChI=1S/C21H36O5S/c22-21(23)11-7-2-1-6-10-17-18(20-13-12-19(17)26-20)14-15-27(24,25)16-8-4-3-5-9-16/h16-20H,1-15H2,(H,22,23). The van der Waals surface area contributed by atoms with E-state index in [0.717, 1.165) is 77.0 Å². The van der Waals surface area contributed by atoms with Crippen molar-refractivity contribution in [1.29, 1.82) is 0 Å². The first-order valence-corrected chi connectivity index (χ1v) is 12.8. The second-order valence-electron chi connectivity index (χ2n) is 8.88. The molecule has 0 spiro atoms. The van der Waals surface area contributed by atoms with E-state index in [1.807, 2.05) is 0 Å². The minimum Gasteiger partial charge on any atom is -0.481 e. The van der Waals surface area contributed by atoms with Gasteiger partial charge in [-0.25, -0.2) is 8.42 Å². The Balaban J connectivity index is 1.44. The third-order valence-corrected chi connectivity index (χ3v) is 9.36. The van der Waals surface area contributed by atoms with Crippen LogP contribution in [-0.2, 0) is 19.4 Å². The molecule has 6 heteroatoms. The van der Waals surface area contributed by atoms with Gasteiger partial charge in [-0.1, -0.05) is 38.5 Å². The number of hydrogen-bond acceptors (Lipinski definition) is 4. The molecule has 2 heterocycles. The molecule has 4 atom stereocenters. The summed E-state index contributed by atoms with van der Waals surface area (Å²) in [6.07, 6.45) is 13.9. The molecular weight excluding hydrogens is 364 g/mol. The summed E-state index contributed by atoms with van der Waals surface area (Å²) < 4.78 is 31.7. The molecule has 3 aliphatic rings. The van der Waals surface area contributed by atoms with Crippen molar-refractivity contribution in [3.63, 3.8) is 0 Å². The van der Waals surface area contributed by atoms with Crippen LogP contribution in [0.1, 0.15) is 89.9 Å². The summed E-state index contributed by atoms with van der Waals surface area (Å²) in [7, 11) is -2.96. The van der Waals surface area contributed by atoms with Crippen LogP contribution in [0.5, 0.6) is 0 Å². The number of rotatable bonds is 11. The highest BCUT2D eigenvalue weighted by Crippen LogP contribution is 2.47. The number of carboxylic acids is 1. The molecule has 1 aliphatic carbocycles. The zero-order valence-electron chi connectivity index (χ0n) is 16.5. The van der Waals surface area contributed by atoms with E-state index >= 15 is 0 Å². The lowest BCUT2D eigenvalue weighted by molar-refractivity contribution is -0.137. The lowest BCUT2D eigenvalue weighted by Gasteiger charge is -2.29. The summed E-state index contributed by atoms with van der Waals surface area (Å²) in [5.41, 5.74) is 0. The first kappa shape index (κ1) is 21.1. The Bertz CT molecular complexity index is 581. The highest BCUT2D eigenvalue weighted by molar-refractivity contribution is 7.92. The monoisotopic (exact) mass is 400 g/mol. The van der Waals surface area contributed by atoms with Gasteiger partial charge < -0.3 is 9.84 Å². The SMILES string of the molecule is O=C(O)CCCCCCC1C2CCC(O2)C1CCS(=O)(=O)C1CCCCC1. The second kappa shape index (κ2) is 9.73. The number of ether oxygens (including phenoxy) is 1. The van der Waals surface area contributed by atoms with Crippen molar-refractivity contribution in [1.82, 2.24) is 0 Å². The Morgan fingerprint density at radius 2 is 1.48 bits per heavy atom.